The molecule has 5 heteroatoms. The van der Waals surface area contributed by atoms with Crippen LogP contribution in [-0.4, -0.2) is 37.2 Å². The van der Waals surface area contributed by atoms with Crippen LogP contribution in [-0.2, 0) is 13.6 Å². The molecule has 0 radical (unpaired) electrons. The molecular formula is C11H21N5. The SMILES string of the molecule is CC[C@@H]1CCC[C@H](C)N1Cc1nnn(C)n1. The summed E-state index contributed by atoms with van der Waals surface area (Å²) < 4.78 is 0. The standard InChI is InChI=1S/C11H21N5/c1-4-10-7-5-6-9(2)16(10)8-11-12-14-15(3)13-11/h9-10H,4-8H2,1-3H3/t9-,10+/m0/s1. The molecule has 0 aliphatic carbocycles. The lowest BCUT2D eigenvalue weighted by Crippen LogP contribution is -2.44. The molecule has 0 amide bonds. The van der Waals surface area contributed by atoms with Crippen LogP contribution >= 0.6 is 0 Å². The Kier molecular flexibility index (Phi) is 3.53. The molecule has 0 N–H and O–H groups in total. The Bertz CT molecular complexity index is 335. The van der Waals surface area contributed by atoms with Gasteiger partial charge in [0.05, 0.1) is 13.6 Å². The van der Waals surface area contributed by atoms with E-state index >= 15 is 0 Å². The Hall–Kier alpha value is -0.970. The van der Waals surface area contributed by atoms with Crippen LogP contribution in [0.2, 0.25) is 0 Å². The number of hydrogen-bond donors (Lipinski definition) is 0. The van der Waals surface area contributed by atoms with E-state index in [2.05, 4.69) is 34.2 Å². The molecule has 1 aromatic rings. The van der Waals surface area contributed by atoms with Gasteiger partial charge in [-0.05, 0) is 31.4 Å². The number of piperidine rings is 1. The summed E-state index contributed by atoms with van der Waals surface area (Å²) in [5.74, 6) is 0.842. The molecule has 90 valence electrons. The summed E-state index contributed by atoms with van der Waals surface area (Å²) in [6.07, 6.45) is 5.16. The van der Waals surface area contributed by atoms with E-state index in [4.69, 9.17) is 0 Å². The van der Waals surface area contributed by atoms with Gasteiger partial charge in [-0.2, -0.15) is 4.80 Å². The predicted octanol–water partition coefficient (Wildman–Crippen LogP) is 1.36. The van der Waals surface area contributed by atoms with Crippen molar-refractivity contribution in [2.45, 2.75) is 58.2 Å². The highest BCUT2D eigenvalue weighted by Crippen LogP contribution is 2.25. The van der Waals surface area contributed by atoms with Crippen LogP contribution in [0, 0.1) is 0 Å². The number of rotatable bonds is 3. The first kappa shape index (κ1) is 11.5. The number of aryl methyl sites for hydroxylation is 1. The molecular weight excluding hydrogens is 202 g/mol. The minimum absolute atomic E-state index is 0.641. The summed E-state index contributed by atoms with van der Waals surface area (Å²) in [7, 11) is 1.81. The summed E-state index contributed by atoms with van der Waals surface area (Å²) in [6, 6.07) is 1.33. The maximum atomic E-state index is 4.26. The van der Waals surface area contributed by atoms with Gasteiger partial charge in [-0.1, -0.05) is 13.3 Å². The van der Waals surface area contributed by atoms with E-state index in [1.807, 2.05) is 7.05 Å². The van der Waals surface area contributed by atoms with Crippen LogP contribution in [0.1, 0.15) is 45.4 Å². The summed E-state index contributed by atoms with van der Waals surface area (Å²) in [4.78, 5) is 4.06. The molecule has 2 heterocycles. The smallest absolute Gasteiger partial charge is 0.188 e. The van der Waals surface area contributed by atoms with Crippen LogP contribution in [0.25, 0.3) is 0 Å². The minimum atomic E-state index is 0.641. The predicted molar refractivity (Wildman–Crippen MR) is 61.7 cm³/mol. The van der Waals surface area contributed by atoms with Crippen molar-refractivity contribution in [2.24, 2.45) is 7.05 Å². The molecule has 1 saturated heterocycles. The van der Waals surface area contributed by atoms with Crippen LogP contribution < -0.4 is 0 Å². The van der Waals surface area contributed by atoms with Crippen molar-refractivity contribution < 1.29 is 0 Å². The quantitative estimate of drug-likeness (QED) is 0.776. The molecule has 2 rings (SSSR count). The summed E-state index contributed by atoms with van der Waals surface area (Å²) in [6.45, 7) is 5.41. The van der Waals surface area contributed by atoms with Gasteiger partial charge in [-0.15, -0.1) is 10.2 Å². The van der Waals surface area contributed by atoms with Crippen LogP contribution in [0.4, 0.5) is 0 Å². The fourth-order valence-electron chi connectivity index (χ4n) is 2.61. The second kappa shape index (κ2) is 4.91. The highest BCUT2D eigenvalue weighted by molar-refractivity contribution is 4.86. The fourth-order valence-corrected chi connectivity index (χ4v) is 2.61. The first-order chi connectivity index (χ1) is 7.70. The molecule has 5 nitrogen and oxygen atoms in total. The molecule has 16 heavy (non-hydrogen) atoms. The molecule has 0 saturated carbocycles. The first-order valence-electron chi connectivity index (χ1n) is 6.19. The lowest BCUT2D eigenvalue weighted by atomic mass is 9.95. The molecule has 0 bridgehead atoms. The van der Waals surface area contributed by atoms with Crippen LogP contribution in [0.3, 0.4) is 0 Å². The van der Waals surface area contributed by atoms with Crippen molar-refractivity contribution in [1.29, 1.82) is 0 Å². The van der Waals surface area contributed by atoms with E-state index < -0.39 is 0 Å². The normalized spacial score (nSPS) is 27.2. The van der Waals surface area contributed by atoms with Crippen molar-refractivity contribution in [2.75, 3.05) is 0 Å². The van der Waals surface area contributed by atoms with Gasteiger partial charge in [0.2, 0.25) is 0 Å². The van der Waals surface area contributed by atoms with E-state index in [1.165, 1.54) is 30.5 Å². The maximum absolute atomic E-state index is 4.26. The number of likely N-dealkylation sites (tertiary alicyclic amines) is 1. The van der Waals surface area contributed by atoms with Gasteiger partial charge in [0.15, 0.2) is 5.82 Å². The van der Waals surface area contributed by atoms with Crippen molar-refractivity contribution in [3.63, 3.8) is 0 Å². The Labute approximate surface area is 96.8 Å². The summed E-state index contributed by atoms with van der Waals surface area (Å²) in [5.41, 5.74) is 0. The summed E-state index contributed by atoms with van der Waals surface area (Å²) >= 11 is 0. The van der Waals surface area contributed by atoms with Crippen LogP contribution in [0.15, 0.2) is 0 Å². The average Bonchev–Trinajstić information content (AvgIpc) is 2.67. The molecule has 1 fully saturated rings. The number of aromatic nitrogens is 4. The number of hydrogen-bond acceptors (Lipinski definition) is 4. The fraction of sp³-hybridized carbons (Fsp3) is 0.909. The topological polar surface area (TPSA) is 46.8 Å². The third-order valence-electron chi connectivity index (χ3n) is 3.54. The van der Waals surface area contributed by atoms with E-state index in [1.54, 1.807) is 0 Å². The van der Waals surface area contributed by atoms with Gasteiger partial charge >= 0.3 is 0 Å². The lowest BCUT2D eigenvalue weighted by Gasteiger charge is -2.39. The van der Waals surface area contributed by atoms with E-state index in [-0.39, 0.29) is 0 Å². The van der Waals surface area contributed by atoms with E-state index in [9.17, 15) is 0 Å². The van der Waals surface area contributed by atoms with E-state index in [0.717, 1.165) is 12.4 Å². The maximum Gasteiger partial charge on any atom is 0.188 e. The monoisotopic (exact) mass is 223 g/mol. The Morgan fingerprint density at radius 3 is 2.81 bits per heavy atom. The molecule has 2 atom stereocenters. The third kappa shape index (κ3) is 2.40. The number of nitrogens with zero attached hydrogens (tertiary/aromatic N) is 5. The zero-order valence-corrected chi connectivity index (χ0v) is 10.4. The van der Waals surface area contributed by atoms with Gasteiger partial charge in [0.25, 0.3) is 0 Å². The zero-order chi connectivity index (χ0) is 11.5. The first-order valence-corrected chi connectivity index (χ1v) is 6.19. The molecule has 1 aliphatic rings. The zero-order valence-electron chi connectivity index (χ0n) is 10.4. The second-order valence-electron chi connectivity index (χ2n) is 4.71. The van der Waals surface area contributed by atoms with E-state index in [0.29, 0.717) is 12.1 Å². The molecule has 0 aromatic carbocycles. The minimum Gasteiger partial charge on any atom is -0.290 e. The van der Waals surface area contributed by atoms with Crippen molar-refractivity contribution in [3.05, 3.63) is 5.82 Å². The molecule has 1 aliphatic heterocycles. The Morgan fingerprint density at radius 1 is 1.38 bits per heavy atom. The van der Waals surface area contributed by atoms with Crippen molar-refractivity contribution in [3.8, 4) is 0 Å². The number of tetrazole rings is 1. The Balaban J connectivity index is 2.05. The lowest BCUT2D eigenvalue weighted by molar-refractivity contribution is 0.0791. The molecule has 0 unspecified atom stereocenters. The van der Waals surface area contributed by atoms with Gasteiger partial charge in [-0.3, -0.25) is 4.90 Å². The second-order valence-corrected chi connectivity index (χ2v) is 4.71. The largest absolute Gasteiger partial charge is 0.290 e. The molecule has 1 aromatic heterocycles. The highest BCUT2D eigenvalue weighted by atomic mass is 15.6. The van der Waals surface area contributed by atoms with Gasteiger partial charge < -0.3 is 0 Å². The highest BCUT2D eigenvalue weighted by Gasteiger charge is 2.27. The van der Waals surface area contributed by atoms with Crippen LogP contribution in [0.5, 0.6) is 0 Å². The van der Waals surface area contributed by atoms with Crippen molar-refractivity contribution >= 4 is 0 Å². The average molecular weight is 223 g/mol. The third-order valence-corrected chi connectivity index (χ3v) is 3.54. The molecule has 0 spiro atoms. The van der Waals surface area contributed by atoms with Gasteiger partial charge in [0.1, 0.15) is 0 Å². The van der Waals surface area contributed by atoms with Gasteiger partial charge in [0, 0.05) is 12.1 Å². The summed E-state index contributed by atoms with van der Waals surface area (Å²) in [5, 5.41) is 12.2. The Morgan fingerprint density at radius 2 is 2.19 bits per heavy atom. The van der Waals surface area contributed by atoms with Crippen molar-refractivity contribution in [1.82, 2.24) is 25.1 Å². The van der Waals surface area contributed by atoms with Gasteiger partial charge in [-0.25, -0.2) is 0 Å².